The zero-order valence-corrected chi connectivity index (χ0v) is 13.3. The van der Waals surface area contributed by atoms with E-state index in [1.807, 2.05) is 0 Å². The number of benzene rings is 1. The minimum Gasteiger partial charge on any atom is -0.497 e. The van der Waals surface area contributed by atoms with Crippen LogP contribution in [-0.2, 0) is 6.54 Å². The first-order valence-electron chi connectivity index (χ1n) is 7.02. The van der Waals surface area contributed by atoms with Gasteiger partial charge in [0.1, 0.15) is 5.75 Å². The Morgan fingerprint density at radius 2 is 1.87 bits per heavy atom. The first kappa shape index (κ1) is 16.5. The summed E-state index contributed by atoms with van der Waals surface area (Å²) in [5.41, 5.74) is 0.463. The second kappa shape index (κ2) is 6.91. The Balaban J connectivity index is 2.28. The predicted octanol–water partition coefficient (Wildman–Crippen LogP) is 1.44. The van der Waals surface area contributed by atoms with Crippen LogP contribution in [0.15, 0.2) is 47.4 Å². The zero-order chi connectivity index (χ0) is 17.0. The number of nitrogens with zero attached hydrogens (tertiary/aromatic N) is 2. The molecule has 0 radical (unpaired) electrons. The van der Waals surface area contributed by atoms with Crippen LogP contribution in [0.25, 0.3) is 0 Å². The Kier molecular flexibility index (Phi) is 4.95. The highest BCUT2D eigenvalue weighted by molar-refractivity contribution is 5.96. The second-order valence-electron chi connectivity index (χ2n) is 5.24. The van der Waals surface area contributed by atoms with E-state index in [1.54, 1.807) is 38.4 Å². The second-order valence-corrected chi connectivity index (χ2v) is 5.24. The molecule has 6 heteroatoms. The highest BCUT2D eigenvalue weighted by Gasteiger charge is 2.13. The van der Waals surface area contributed by atoms with Gasteiger partial charge >= 0.3 is 0 Å². The van der Waals surface area contributed by atoms with E-state index in [2.05, 4.69) is 0 Å². The van der Waals surface area contributed by atoms with Gasteiger partial charge < -0.3 is 14.2 Å². The number of carbonyl (C=O) groups is 2. The van der Waals surface area contributed by atoms with Crippen LogP contribution < -0.4 is 10.3 Å². The number of pyridine rings is 1. The summed E-state index contributed by atoms with van der Waals surface area (Å²) in [7, 11) is 4.77. The molecule has 0 N–H and O–H groups in total. The molecule has 120 valence electrons. The van der Waals surface area contributed by atoms with Gasteiger partial charge in [-0.15, -0.1) is 0 Å². The molecular formula is C17H18N2O4. The maximum Gasteiger partial charge on any atom is 0.254 e. The number of Topliss-reactive ketones (excluding diaryl/α,β-unsaturated/α-hetero) is 1. The summed E-state index contributed by atoms with van der Waals surface area (Å²) < 4.78 is 6.32. The summed E-state index contributed by atoms with van der Waals surface area (Å²) >= 11 is 0. The van der Waals surface area contributed by atoms with E-state index in [0.29, 0.717) is 16.9 Å². The lowest BCUT2D eigenvalue weighted by molar-refractivity contribution is 0.0825. The minimum absolute atomic E-state index is 0.138. The molecule has 1 aromatic heterocycles. The van der Waals surface area contributed by atoms with Crippen molar-refractivity contribution in [3.05, 3.63) is 64.1 Å². The van der Waals surface area contributed by atoms with Gasteiger partial charge in [0.2, 0.25) is 0 Å². The van der Waals surface area contributed by atoms with Crippen LogP contribution in [0.3, 0.4) is 0 Å². The fraction of sp³-hybridized carbons (Fsp3) is 0.235. The molecular weight excluding hydrogens is 296 g/mol. The normalized spacial score (nSPS) is 10.2. The molecule has 0 aliphatic carbocycles. The van der Waals surface area contributed by atoms with E-state index in [-0.39, 0.29) is 23.8 Å². The number of amides is 1. The van der Waals surface area contributed by atoms with Gasteiger partial charge in [-0.2, -0.15) is 0 Å². The lowest BCUT2D eigenvalue weighted by Crippen LogP contribution is -2.27. The molecule has 0 saturated heterocycles. The Morgan fingerprint density at radius 3 is 2.52 bits per heavy atom. The molecule has 0 aliphatic heterocycles. The SMILES string of the molecule is COc1cccc(C(=O)Cn2cc(C(=O)N(C)C)ccc2=O)c1. The number of aromatic nitrogens is 1. The number of ether oxygens (including phenoxy) is 1. The third-order valence-electron chi connectivity index (χ3n) is 3.34. The number of hydrogen-bond acceptors (Lipinski definition) is 4. The molecule has 23 heavy (non-hydrogen) atoms. The van der Waals surface area contributed by atoms with Crippen LogP contribution in [0.1, 0.15) is 20.7 Å². The molecule has 0 saturated carbocycles. The van der Waals surface area contributed by atoms with Gasteiger partial charge in [-0.25, -0.2) is 0 Å². The van der Waals surface area contributed by atoms with Crippen LogP contribution in [0.5, 0.6) is 5.75 Å². The van der Waals surface area contributed by atoms with Crippen molar-refractivity contribution in [1.82, 2.24) is 9.47 Å². The molecule has 1 aromatic carbocycles. The average Bonchev–Trinajstić information content (AvgIpc) is 2.56. The largest absolute Gasteiger partial charge is 0.497 e. The number of rotatable bonds is 5. The standard InChI is InChI=1S/C17H18N2O4/c1-18(2)17(22)13-7-8-16(21)19(10-13)11-15(20)12-5-4-6-14(9-12)23-3/h4-10H,11H2,1-3H3. The van der Waals surface area contributed by atoms with Gasteiger partial charge in [0.25, 0.3) is 11.5 Å². The predicted molar refractivity (Wildman–Crippen MR) is 86.0 cm³/mol. The van der Waals surface area contributed by atoms with Gasteiger partial charge in [0.05, 0.1) is 19.2 Å². The number of hydrogen-bond donors (Lipinski definition) is 0. The molecule has 2 aromatic rings. The Hall–Kier alpha value is -2.89. The number of carbonyl (C=O) groups excluding carboxylic acids is 2. The van der Waals surface area contributed by atoms with Crippen molar-refractivity contribution in [2.24, 2.45) is 0 Å². The van der Waals surface area contributed by atoms with Crippen molar-refractivity contribution in [2.45, 2.75) is 6.54 Å². The number of methoxy groups -OCH3 is 1. The summed E-state index contributed by atoms with van der Waals surface area (Å²) in [5, 5.41) is 0. The van der Waals surface area contributed by atoms with Crippen LogP contribution in [0.2, 0.25) is 0 Å². The highest BCUT2D eigenvalue weighted by Crippen LogP contribution is 2.13. The Labute approximate surface area is 133 Å². The van der Waals surface area contributed by atoms with E-state index in [9.17, 15) is 14.4 Å². The average molecular weight is 314 g/mol. The quantitative estimate of drug-likeness (QED) is 0.783. The fourth-order valence-electron chi connectivity index (χ4n) is 2.08. The van der Waals surface area contributed by atoms with E-state index >= 15 is 0 Å². The van der Waals surface area contributed by atoms with Gasteiger partial charge in [0, 0.05) is 31.9 Å². The molecule has 0 fully saturated rings. The first-order valence-corrected chi connectivity index (χ1v) is 7.02. The molecule has 1 heterocycles. The summed E-state index contributed by atoms with van der Waals surface area (Å²) in [6.45, 7) is -0.138. The van der Waals surface area contributed by atoms with Crippen molar-refractivity contribution < 1.29 is 14.3 Å². The van der Waals surface area contributed by atoms with Crippen LogP contribution >= 0.6 is 0 Å². The Morgan fingerprint density at radius 1 is 1.13 bits per heavy atom. The Bertz CT molecular complexity index is 793. The molecule has 0 aliphatic rings. The molecule has 0 atom stereocenters. The minimum atomic E-state index is -0.337. The smallest absolute Gasteiger partial charge is 0.254 e. The summed E-state index contributed by atoms with van der Waals surface area (Å²) in [6, 6.07) is 9.46. The van der Waals surface area contributed by atoms with Crippen molar-refractivity contribution in [3.63, 3.8) is 0 Å². The van der Waals surface area contributed by atoms with Crippen molar-refractivity contribution >= 4 is 11.7 Å². The summed E-state index contributed by atoms with van der Waals surface area (Å²) in [5.74, 6) is 0.104. The van der Waals surface area contributed by atoms with E-state index < -0.39 is 0 Å². The van der Waals surface area contributed by atoms with E-state index in [4.69, 9.17) is 4.74 Å². The number of ketones is 1. The molecule has 0 spiro atoms. The fourth-order valence-corrected chi connectivity index (χ4v) is 2.08. The molecule has 1 amide bonds. The monoisotopic (exact) mass is 314 g/mol. The van der Waals surface area contributed by atoms with Crippen molar-refractivity contribution in [1.29, 1.82) is 0 Å². The van der Waals surface area contributed by atoms with Crippen LogP contribution in [0, 0.1) is 0 Å². The van der Waals surface area contributed by atoms with Crippen LogP contribution in [0.4, 0.5) is 0 Å². The summed E-state index contributed by atoms with van der Waals surface area (Å²) in [4.78, 5) is 37.6. The molecule has 0 bridgehead atoms. The third-order valence-corrected chi connectivity index (χ3v) is 3.34. The lowest BCUT2D eigenvalue weighted by Gasteiger charge is -2.12. The summed E-state index contributed by atoms with van der Waals surface area (Å²) in [6.07, 6.45) is 1.41. The zero-order valence-electron chi connectivity index (χ0n) is 13.3. The van der Waals surface area contributed by atoms with Gasteiger partial charge in [0.15, 0.2) is 5.78 Å². The van der Waals surface area contributed by atoms with Crippen molar-refractivity contribution in [2.75, 3.05) is 21.2 Å². The molecule has 0 unspecified atom stereocenters. The van der Waals surface area contributed by atoms with E-state index in [0.717, 1.165) is 0 Å². The molecule has 2 rings (SSSR count). The topological polar surface area (TPSA) is 68.6 Å². The third kappa shape index (κ3) is 3.85. The first-order chi connectivity index (χ1) is 10.9. The van der Waals surface area contributed by atoms with Crippen LogP contribution in [-0.4, -0.2) is 42.4 Å². The van der Waals surface area contributed by atoms with Gasteiger partial charge in [-0.1, -0.05) is 12.1 Å². The van der Waals surface area contributed by atoms with E-state index in [1.165, 1.54) is 34.9 Å². The maximum atomic E-state index is 12.3. The van der Waals surface area contributed by atoms with Gasteiger partial charge in [-0.05, 0) is 18.2 Å². The van der Waals surface area contributed by atoms with Crippen molar-refractivity contribution in [3.8, 4) is 5.75 Å². The van der Waals surface area contributed by atoms with Gasteiger partial charge in [-0.3, -0.25) is 14.4 Å². The maximum absolute atomic E-state index is 12.3. The highest BCUT2D eigenvalue weighted by atomic mass is 16.5. The molecule has 6 nitrogen and oxygen atoms in total. The lowest BCUT2D eigenvalue weighted by atomic mass is 10.1.